The Morgan fingerprint density at radius 1 is 1.22 bits per heavy atom. The van der Waals surface area contributed by atoms with Crippen molar-refractivity contribution < 1.29 is 22.7 Å². The summed E-state index contributed by atoms with van der Waals surface area (Å²) in [6.45, 7) is 6.82. The molecule has 1 amide bonds. The summed E-state index contributed by atoms with van der Waals surface area (Å²) in [5.41, 5.74) is 0.939. The van der Waals surface area contributed by atoms with Crippen molar-refractivity contribution in [2.45, 2.75) is 44.1 Å². The van der Waals surface area contributed by atoms with Crippen LogP contribution in [0.25, 0.3) is 0 Å². The minimum atomic E-state index is -3.47. The zero-order valence-electron chi connectivity index (χ0n) is 16.1. The lowest BCUT2D eigenvalue weighted by molar-refractivity contribution is -0.121. The molecule has 1 aliphatic heterocycles. The third-order valence-electron chi connectivity index (χ3n) is 4.27. The van der Waals surface area contributed by atoms with Crippen LogP contribution >= 0.6 is 0 Å². The molecule has 8 heteroatoms. The van der Waals surface area contributed by atoms with Crippen LogP contribution in [0.2, 0.25) is 0 Å². The highest BCUT2D eigenvalue weighted by atomic mass is 32.2. The average molecular weight is 399 g/mol. The number of hydrogen-bond acceptors (Lipinski definition) is 5. The topological polar surface area (TPSA) is 84.9 Å². The monoisotopic (exact) mass is 398 g/mol. The Morgan fingerprint density at radius 2 is 1.89 bits per heavy atom. The molecule has 1 saturated heterocycles. The Hall–Kier alpha value is -1.48. The van der Waals surface area contributed by atoms with Crippen LogP contribution in [-0.2, 0) is 30.7 Å². The van der Waals surface area contributed by atoms with Gasteiger partial charge in [0.1, 0.15) is 0 Å². The summed E-state index contributed by atoms with van der Waals surface area (Å²) in [6.07, 6.45) is 1.95. The van der Waals surface area contributed by atoms with Crippen molar-refractivity contribution in [1.29, 1.82) is 0 Å². The van der Waals surface area contributed by atoms with Crippen LogP contribution in [0.15, 0.2) is 29.2 Å². The lowest BCUT2D eigenvalue weighted by Gasteiger charge is -2.26. The number of carbonyl (C=O) groups excluding carboxylic acids is 1. The lowest BCUT2D eigenvalue weighted by atomic mass is 10.1. The molecule has 0 radical (unpaired) electrons. The van der Waals surface area contributed by atoms with Crippen LogP contribution in [-0.4, -0.2) is 64.2 Å². The van der Waals surface area contributed by atoms with Crippen molar-refractivity contribution in [3.05, 3.63) is 29.8 Å². The van der Waals surface area contributed by atoms with Crippen molar-refractivity contribution in [1.82, 2.24) is 9.62 Å². The molecule has 0 saturated carbocycles. The molecule has 1 N–H and O–H groups in total. The van der Waals surface area contributed by atoms with Gasteiger partial charge in [-0.3, -0.25) is 4.79 Å². The van der Waals surface area contributed by atoms with E-state index >= 15 is 0 Å². The highest BCUT2D eigenvalue weighted by molar-refractivity contribution is 7.89. The van der Waals surface area contributed by atoms with Gasteiger partial charge in [-0.1, -0.05) is 12.1 Å². The predicted molar refractivity (Wildman–Crippen MR) is 103 cm³/mol. The van der Waals surface area contributed by atoms with Crippen molar-refractivity contribution in [3.8, 4) is 0 Å². The van der Waals surface area contributed by atoms with Gasteiger partial charge in [0.25, 0.3) is 0 Å². The summed E-state index contributed by atoms with van der Waals surface area (Å²) in [6, 6.07) is 6.77. The molecule has 0 aromatic heterocycles. The van der Waals surface area contributed by atoms with E-state index in [2.05, 4.69) is 5.32 Å². The number of rotatable bonds is 10. The van der Waals surface area contributed by atoms with E-state index in [1.807, 2.05) is 13.8 Å². The fourth-order valence-electron chi connectivity index (χ4n) is 2.73. The second-order valence-electron chi connectivity index (χ2n) is 6.78. The van der Waals surface area contributed by atoms with Gasteiger partial charge in [-0.2, -0.15) is 4.31 Å². The van der Waals surface area contributed by atoms with Gasteiger partial charge in [-0.25, -0.2) is 8.42 Å². The molecule has 1 fully saturated rings. The van der Waals surface area contributed by atoms with Crippen molar-refractivity contribution in [3.63, 3.8) is 0 Å². The van der Waals surface area contributed by atoms with Gasteiger partial charge in [-0.05, 0) is 44.4 Å². The summed E-state index contributed by atoms with van der Waals surface area (Å²) >= 11 is 0. The number of carbonyl (C=O) groups is 1. The largest absolute Gasteiger partial charge is 0.379 e. The minimum Gasteiger partial charge on any atom is -0.379 e. The maximum absolute atomic E-state index is 12.6. The number of morpholine rings is 1. The quantitative estimate of drug-likeness (QED) is 0.605. The molecule has 1 aromatic carbocycles. The van der Waals surface area contributed by atoms with Gasteiger partial charge >= 0.3 is 0 Å². The second-order valence-corrected chi connectivity index (χ2v) is 8.72. The average Bonchev–Trinajstić information content (AvgIpc) is 2.67. The maximum atomic E-state index is 12.6. The SMILES string of the molecule is CC(C)OCCCNC(=O)CCc1ccc(S(=O)(=O)N2CCOCC2)cc1. The smallest absolute Gasteiger partial charge is 0.243 e. The van der Waals surface area contributed by atoms with Crippen LogP contribution in [0.1, 0.15) is 32.3 Å². The molecule has 27 heavy (non-hydrogen) atoms. The molecule has 152 valence electrons. The number of ether oxygens (including phenoxy) is 2. The first-order valence-corrected chi connectivity index (χ1v) is 10.9. The molecule has 2 rings (SSSR count). The molecule has 1 heterocycles. The third-order valence-corrected chi connectivity index (χ3v) is 6.18. The molecule has 1 aromatic rings. The highest BCUT2D eigenvalue weighted by Crippen LogP contribution is 2.18. The van der Waals surface area contributed by atoms with E-state index in [9.17, 15) is 13.2 Å². The second kappa shape index (κ2) is 10.8. The highest BCUT2D eigenvalue weighted by Gasteiger charge is 2.26. The van der Waals surface area contributed by atoms with E-state index in [1.165, 1.54) is 4.31 Å². The van der Waals surface area contributed by atoms with Gasteiger partial charge in [0.15, 0.2) is 0 Å². The fourth-order valence-corrected chi connectivity index (χ4v) is 4.14. The van der Waals surface area contributed by atoms with E-state index in [-0.39, 0.29) is 16.9 Å². The van der Waals surface area contributed by atoms with Crippen LogP contribution < -0.4 is 5.32 Å². The van der Waals surface area contributed by atoms with Gasteiger partial charge in [0.05, 0.1) is 24.2 Å². The molecule has 0 spiro atoms. The summed E-state index contributed by atoms with van der Waals surface area (Å²) in [5.74, 6) is -0.00967. The number of nitrogens with zero attached hydrogens (tertiary/aromatic N) is 1. The van der Waals surface area contributed by atoms with E-state index < -0.39 is 10.0 Å². The first-order valence-electron chi connectivity index (χ1n) is 9.45. The number of aryl methyl sites for hydroxylation is 1. The molecule has 0 atom stereocenters. The summed E-state index contributed by atoms with van der Waals surface area (Å²) in [7, 11) is -3.47. The Balaban J connectivity index is 1.76. The summed E-state index contributed by atoms with van der Waals surface area (Å²) in [5, 5.41) is 2.87. The number of benzene rings is 1. The number of sulfonamides is 1. The van der Waals surface area contributed by atoms with E-state index in [4.69, 9.17) is 9.47 Å². The van der Waals surface area contributed by atoms with Gasteiger partial charge in [0, 0.05) is 32.7 Å². The third kappa shape index (κ3) is 7.21. The van der Waals surface area contributed by atoms with Crippen LogP contribution in [0.4, 0.5) is 0 Å². The summed E-state index contributed by atoms with van der Waals surface area (Å²) < 4.78 is 37.2. The molecule has 0 aliphatic carbocycles. The maximum Gasteiger partial charge on any atom is 0.243 e. The molecule has 7 nitrogen and oxygen atoms in total. The van der Waals surface area contributed by atoms with Crippen LogP contribution in [0.3, 0.4) is 0 Å². The molecular formula is C19H30N2O5S. The zero-order valence-corrected chi connectivity index (χ0v) is 17.0. The summed E-state index contributed by atoms with van der Waals surface area (Å²) in [4.78, 5) is 12.2. The molecule has 1 aliphatic rings. The Labute approximate surface area is 162 Å². The van der Waals surface area contributed by atoms with Crippen LogP contribution in [0.5, 0.6) is 0 Å². The first kappa shape index (κ1) is 21.8. The molecule has 0 bridgehead atoms. The molecule has 0 unspecified atom stereocenters. The normalized spacial score (nSPS) is 15.8. The zero-order chi connectivity index (χ0) is 19.7. The Morgan fingerprint density at radius 3 is 2.52 bits per heavy atom. The van der Waals surface area contributed by atoms with Crippen molar-refractivity contribution in [2.75, 3.05) is 39.5 Å². The first-order chi connectivity index (χ1) is 12.9. The van der Waals surface area contributed by atoms with Crippen molar-refractivity contribution in [2.24, 2.45) is 0 Å². The van der Waals surface area contributed by atoms with Crippen LogP contribution in [0, 0.1) is 0 Å². The minimum absolute atomic E-state index is 0.00967. The van der Waals surface area contributed by atoms with E-state index in [0.29, 0.717) is 52.3 Å². The van der Waals surface area contributed by atoms with Gasteiger partial charge < -0.3 is 14.8 Å². The van der Waals surface area contributed by atoms with Gasteiger partial charge in [-0.15, -0.1) is 0 Å². The number of nitrogens with one attached hydrogen (secondary N) is 1. The Bertz CT molecular complexity index is 683. The Kier molecular flexibility index (Phi) is 8.69. The standard InChI is InChI=1S/C19H30N2O5S/c1-16(2)26-13-3-10-20-19(22)9-6-17-4-7-18(8-5-17)27(23,24)21-11-14-25-15-12-21/h4-5,7-8,16H,3,6,9-15H2,1-2H3,(H,20,22). The van der Waals surface area contributed by atoms with E-state index in [1.54, 1.807) is 24.3 Å². The van der Waals surface area contributed by atoms with Gasteiger partial charge in [0.2, 0.25) is 15.9 Å². The molecular weight excluding hydrogens is 368 g/mol. The lowest BCUT2D eigenvalue weighted by Crippen LogP contribution is -2.40. The fraction of sp³-hybridized carbons (Fsp3) is 0.632. The predicted octanol–water partition coefficient (Wildman–Crippen LogP) is 1.57. The van der Waals surface area contributed by atoms with Crippen molar-refractivity contribution >= 4 is 15.9 Å². The number of hydrogen-bond donors (Lipinski definition) is 1. The van der Waals surface area contributed by atoms with E-state index in [0.717, 1.165) is 12.0 Å². The number of amides is 1.